The van der Waals surface area contributed by atoms with Gasteiger partial charge in [0.1, 0.15) is 11.5 Å². The fourth-order valence-corrected chi connectivity index (χ4v) is 2.22. The summed E-state index contributed by atoms with van der Waals surface area (Å²) in [6.07, 6.45) is 0. The van der Waals surface area contributed by atoms with E-state index in [4.69, 9.17) is 14.2 Å². The van der Waals surface area contributed by atoms with Gasteiger partial charge in [-0.1, -0.05) is 18.2 Å². The molecule has 2 aromatic rings. The smallest absolute Gasteiger partial charge is 0.338 e. The van der Waals surface area contributed by atoms with Crippen LogP contribution >= 0.6 is 0 Å². The Balaban J connectivity index is 1.85. The highest BCUT2D eigenvalue weighted by molar-refractivity contribution is 5.91. The number of benzene rings is 2. The molecule has 0 aliphatic heterocycles. The van der Waals surface area contributed by atoms with Crippen LogP contribution in [0.15, 0.2) is 48.5 Å². The monoisotopic (exact) mass is 343 g/mol. The lowest BCUT2D eigenvalue weighted by atomic mass is 10.1. The third kappa shape index (κ3) is 5.24. The van der Waals surface area contributed by atoms with Crippen LogP contribution in [0.5, 0.6) is 11.5 Å². The van der Waals surface area contributed by atoms with Gasteiger partial charge in [-0.05, 0) is 42.8 Å². The molecule has 0 bridgehead atoms. The third-order valence-corrected chi connectivity index (χ3v) is 3.63. The molecule has 0 heterocycles. The summed E-state index contributed by atoms with van der Waals surface area (Å²) < 4.78 is 15.2. The number of hydrogen-bond acceptors (Lipinski definition) is 5. The Morgan fingerprint density at radius 1 is 1.00 bits per heavy atom. The molecule has 1 amide bonds. The lowest BCUT2D eigenvalue weighted by molar-refractivity contribution is -0.124. The second-order valence-corrected chi connectivity index (χ2v) is 5.37. The van der Waals surface area contributed by atoms with Gasteiger partial charge >= 0.3 is 5.97 Å². The second kappa shape index (κ2) is 8.73. The molecule has 25 heavy (non-hydrogen) atoms. The normalized spacial score (nSPS) is 11.3. The summed E-state index contributed by atoms with van der Waals surface area (Å²) in [5.41, 5.74) is 1.25. The van der Waals surface area contributed by atoms with Crippen LogP contribution < -0.4 is 14.8 Å². The molecule has 0 aromatic heterocycles. The molecular formula is C19H21NO5. The number of carbonyl (C=O) groups excluding carboxylic acids is 2. The average molecular weight is 343 g/mol. The first-order valence-corrected chi connectivity index (χ1v) is 7.78. The van der Waals surface area contributed by atoms with Crippen LogP contribution in [-0.4, -0.2) is 32.7 Å². The minimum atomic E-state index is -0.578. The molecular weight excluding hydrogens is 322 g/mol. The van der Waals surface area contributed by atoms with Gasteiger partial charge in [-0.2, -0.15) is 0 Å². The van der Waals surface area contributed by atoms with Gasteiger partial charge in [-0.3, -0.25) is 4.79 Å². The van der Waals surface area contributed by atoms with E-state index in [0.29, 0.717) is 11.3 Å². The Morgan fingerprint density at radius 2 is 1.68 bits per heavy atom. The van der Waals surface area contributed by atoms with Gasteiger partial charge in [-0.15, -0.1) is 0 Å². The third-order valence-electron chi connectivity index (χ3n) is 3.63. The van der Waals surface area contributed by atoms with Gasteiger partial charge in [0.2, 0.25) is 0 Å². The van der Waals surface area contributed by atoms with Crippen LogP contribution in [0.25, 0.3) is 0 Å². The van der Waals surface area contributed by atoms with Crippen molar-refractivity contribution >= 4 is 11.9 Å². The molecule has 0 aliphatic rings. The van der Waals surface area contributed by atoms with Gasteiger partial charge in [0.25, 0.3) is 5.91 Å². The van der Waals surface area contributed by atoms with Crippen molar-refractivity contribution in [2.75, 3.05) is 20.8 Å². The minimum absolute atomic E-state index is 0.214. The molecule has 0 saturated carbocycles. The van der Waals surface area contributed by atoms with Gasteiger partial charge in [0.05, 0.1) is 25.8 Å². The number of ether oxygens (including phenoxy) is 3. The van der Waals surface area contributed by atoms with E-state index in [1.807, 2.05) is 31.2 Å². The molecule has 0 unspecified atom stereocenters. The molecule has 0 radical (unpaired) electrons. The predicted molar refractivity (Wildman–Crippen MR) is 92.8 cm³/mol. The van der Waals surface area contributed by atoms with E-state index in [9.17, 15) is 9.59 Å². The Hall–Kier alpha value is -3.02. The van der Waals surface area contributed by atoms with Crippen LogP contribution in [0, 0.1) is 0 Å². The largest absolute Gasteiger partial charge is 0.497 e. The lowest BCUT2D eigenvalue weighted by Crippen LogP contribution is -2.31. The number of hydrogen-bond donors (Lipinski definition) is 1. The summed E-state index contributed by atoms with van der Waals surface area (Å²) in [5.74, 6) is 0.340. The van der Waals surface area contributed by atoms with E-state index >= 15 is 0 Å². The fourth-order valence-electron chi connectivity index (χ4n) is 2.22. The minimum Gasteiger partial charge on any atom is -0.497 e. The first kappa shape index (κ1) is 18.3. The molecule has 0 fully saturated rings. The zero-order valence-electron chi connectivity index (χ0n) is 14.4. The molecule has 6 heteroatoms. The summed E-state index contributed by atoms with van der Waals surface area (Å²) in [6.45, 7) is 1.50. The summed E-state index contributed by atoms with van der Waals surface area (Å²) in [7, 11) is 3.11. The van der Waals surface area contributed by atoms with Crippen molar-refractivity contribution in [1.29, 1.82) is 0 Å². The van der Waals surface area contributed by atoms with E-state index in [0.717, 1.165) is 11.3 Å². The molecule has 6 nitrogen and oxygen atoms in total. The molecule has 0 aliphatic carbocycles. The summed E-state index contributed by atoms with van der Waals surface area (Å²) in [6, 6.07) is 13.7. The predicted octanol–water partition coefficient (Wildman–Crippen LogP) is 2.74. The number of amides is 1. The van der Waals surface area contributed by atoms with Gasteiger partial charge in [-0.25, -0.2) is 4.79 Å². The average Bonchev–Trinajstić information content (AvgIpc) is 2.66. The maximum absolute atomic E-state index is 12.0. The Labute approximate surface area is 146 Å². The van der Waals surface area contributed by atoms with Crippen LogP contribution in [0.2, 0.25) is 0 Å². The number of carbonyl (C=O) groups is 2. The van der Waals surface area contributed by atoms with E-state index in [2.05, 4.69) is 5.32 Å². The molecule has 132 valence electrons. The number of methoxy groups -OCH3 is 2. The fraction of sp³-hybridized carbons (Fsp3) is 0.263. The van der Waals surface area contributed by atoms with E-state index < -0.39 is 5.97 Å². The Bertz CT molecular complexity index is 727. The van der Waals surface area contributed by atoms with Crippen LogP contribution in [0.1, 0.15) is 28.9 Å². The second-order valence-electron chi connectivity index (χ2n) is 5.37. The van der Waals surface area contributed by atoms with Crippen LogP contribution in [0.4, 0.5) is 0 Å². The highest BCUT2D eigenvalue weighted by atomic mass is 16.5. The Morgan fingerprint density at radius 3 is 2.32 bits per heavy atom. The van der Waals surface area contributed by atoms with Gasteiger partial charge in [0.15, 0.2) is 6.61 Å². The number of nitrogens with one attached hydrogen (secondary N) is 1. The van der Waals surface area contributed by atoms with Crippen molar-refractivity contribution < 1.29 is 23.8 Å². The topological polar surface area (TPSA) is 73.9 Å². The van der Waals surface area contributed by atoms with Crippen molar-refractivity contribution in [3.63, 3.8) is 0 Å². The van der Waals surface area contributed by atoms with E-state index in [1.54, 1.807) is 31.4 Å². The summed E-state index contributed by atoms with van der Waals surface area (Å²) >= 11 is 0. The summed E-state index contributed by atoms with van der Waals surface area (Å²) in [5, 5.41) is 2.78. The van der Waals surface area contributed by atoms with Crippen molar-refractivity contribution in [2.45, 2.75) is 13.0 Å². The quantitative estimate of drug-likeness (QED) is 0.783. The maximum Gasteiger partial charge on any atom is 0.338 e. The van der Waals surface area contributed by atoms with Crippen LogP contribution in [-0.2, 0) is 9.53 Å². The highest BCUT2D eigenvalue weighted by Crippen LogP contribution is 2.17. The number of rotatable bonds is 7. The Kier molecular flexibility index (Phi) is 6.39. The maximum atomic E-state index is 12.0. The van der Waals surface area contributed by atoms with Crippen molar-refractivity contribution in [1.82, 2.24) is 5.32 Å². The standard InChI is InChI=1S/C19H21NO5/c1-13(14-7-9-16(23-2)10-8-14)20-18(21)12-25-19(22)15-5-4-6-17(11-15)24-3/h4-11,13H,12H2,1-3H3,(H,20,21)/t13-/m1/s1. The molecule has 2 aromatic carbocycles. The molecule has 0 saturated heterocycles. The van der Waals surface area contributed by atoms with E-state index in [-0.39, 0.29) is 18.6 Å². The van der Waals surface area contributed by atoms with Crippen LogP contribution in [0.3, 0.4) is 0 Å². The highest BCUT2D eigenvalue weighted by Gasteiger charge is 2.13. The number of esters is 1. The zero-order valence-corrected chi connectivity index (χ0v) is 14.4. The molecule has 1 N–H and O–H groups in total. The zero-order chi connectivity index (χ0) is 18.2. The van der Waals surface area contributed by atoms with Crippen molar-refractivity contribution in [2.24, 2.45) is 0 Å². The molecule has 0 spiro atoms. The first-order valence-electron chi connectivity index (χ1n) is 7.78. The summed E-state index contributed by atoms with van der Waals surface area (Å²) in [4.78, 5) is 23.9. The molecule has 2 rings (SSSR count). The lowest BCUT2D eigenvalue weighted by Gasteiger charge is -2.15. The van der Waals surface area contributed by atoms with Crippen molar-refractivity contribution in [3.05, 3.63) is 59.7 Å². The van der Waals surface area contributed by atoms with Crippen molar-refractivity contribution in [3.8, 4) is 11.5 Å². The van der Waals surface area contributed by atoms with Gasteiger partial charge < -0.3 is 19.5 Å². The van der Waals surface area contributed by atoms with Gasteiger partial charge in [0, 0.05) is 0 Å². The molecule has 1 atom stereocenters. The first-order chi connectivity index (χ1) is 12.0. The SMILES string of the molecule is COc1ccc([C@@H](C)NC(=O)COC(=O)c2cccc(OC)c2)cc1. The van der Waals surface area contributed by atoms with E-state index in [1.165, 1.54) is 7.11 Å².